The van der Waals surface area contributed by atoms with Gasteiger partial charge in [0.05, 0.1) is 0 Å². The molecule has 1 amide bonds. The van der Waals surface area contributed by atoms with Gasteiger partial charge in [-0.3, -0.25) is 9.78 Å². The van der Waals surface area contributed by atoms with Crippen molar-refractivity contribution in [2.75, 3.05) is 18.0 Å². The minimum absolute atomic E-state index is 0.0129. The normalized spacial score (nSPS) is 17.7. The number of piperidine rings is 1. The summed E-state index contributed by atoms with van der Waals surface area (Å²) in [7, 11) is 0. The van der Waals surface area contributed by atoms with Crippen molar-refractivity contribution in [3.05, 3.63) is 47.2 Å². The minimum atomic E-state index is -0.0129. The van der Waals surface area contributed by atoms with Gasteiger partial charge in [0.1, 0.15) is 11.6 Å². The molecule has 6 nitrogen and oxygen atoms in total. The highest BCUT2D eigenvalue weighted by Crippen LogP contribution is 2.29. The number of pyridine rings is 1. The Kier molecular flexibility index (Phi) is 4.82. The summed E-state index contributed by atoms with van der Waals surface area (Å²) >= 11 is 0. The van der Waals surface area contributed by atoms with Crippen LogP contribution in [0, 0.1) is 6.92 Å². The average Bonchev–Trinajstić information content (AvgIpc) is 2.68. The summed E-state index contributed by atoms with van der Waals surface area (Å²) < 4.78 is 0. The molecule has 2 aromatic heterocycles. The molecule has 3 heterocycles. The number of carbonyl (C=O) groups is 1. The lowest BCUT2D eigenvalue weighted by Gasteiger charge is -2.35. The van der Waals surface area contributed by atoms with E-state index in [1.807, 2.05) is 6.92 Å². The molecule has 0 spiro atoms. The maximum Gasteiger partial charge on any atom is 0.251 e. The van der Waals surface area contributed by atoms with Gasteiger partial charge in [0, 0.05) is 48.3 Å². The molecule has 1 aliphatic carbocycles. The number of fused-ring (bicyclic) bond motifs is 1. The van der Waals surface area contributed by atoms with Crippen molar-refractivity contribution >= 4 is 11.7 Å². The quantitative estimate of drug-likeness (QED) is 0.920. The first-order valence-electron chi connectivity index (χ1n) is 9.53. The molecular formula is C20H25N5O. The van der Waals surface area contributed by atoms with Crippen LogP contribution in [0.15, 0.2) is 24.5 Å². The number of amides is 1. The first-order chi connectivity index (χ1) is 12.7. The van der Waals surface area contributed by atoms with E-state index in [1.165, 1.54) is 24.1 Å². The van der Waals surface area contributed by atoms with E-state index in [-0.39, 0.29) is 11.9 Å². The number of aryl methyl sites for hydroxylation is 2. The Balaban J connectivity index is 1.41. The van der Waals surface area contributed by atoms with E-state index in [9.17, 15) is 4.79 Å². The summed E-state index contributed by atoms with van der Waals surface area (Å²) in [5, 5.41) is 3.15. The van der Waals surface area contributed by atoms with E-state index in [4.69, 9.17) is 4.98 Å². The summed E-state index contributed by atoms with van der Waals surface area (Å²) in [6.45, 7) is 3.83. The largest absolute Gasteiger partial charge is 0.356 e. The van der Waals surface area contributed by atoms with Crippen molar-refractivity contribution < 1.29 is 4.79 Å². The second kappa shape index (κ2) is 7.40. The van der Waals surface area contributed by atoms with Crippen molar-refractivity contribution in [3.8, 4) is 0 Å². The predicted molar refractivity (Wildman–Crippen MR) is 100 cm³/mol. The summed E-state index contributed by atoms with van der Waals surface area (Å²) in [5.74, 6) is 1.99. The van der Waals surface area contributed by atoms with E-state index in [0.717, 1.165) is 50.4 Å². The third-order valence-corrected chi connectivity index (χ3v) is 5.35. The Morgan fingerprint density at radius 2 is 1.85 bits per heavy atom. The standard InChI is InChI=1S/C20H25N5O/c1-14-22-18-5-3-2-4-17(18)19(23-14)25-12-8-16(9-13-25)24-20(26)15-6-10-21-11-7-15/h6-7,10-11,16H,2-5,8-9,12-13H2,1H3,(H,24,26). The second-order valence-electron chi connectivity index (χ2n) is 7.20. The third-order valence-electron chi connectivity index (χ3n) is 5.35. The number of carbonyl (C=O) groups excluding carboxylic acids is 1. The molecule has 0 radical (unpaired) electrons. The second-order valence-corrected chi connectivity index (χ2v) is 7.20. The molecule has 0 atom stereocenters. The molecule has 1 N–H and O–H groups in total. The van der Waals surface area contributed by atoms with Crippen LogP contribution in [0.1, 0.15) is 53.1 Å². The molecule has 2 aromatic rings. The van der Waals surface area contributed by atoms with Gasteiger partial charge in [-0.2, -0.15) is 0 Å². The van der Waals surface area contributed by atoms with Crippen LogP contribution in [0.5, 0.6) is 0 Å². The highest BCUT2D eigenvalue weighted by atomic mass is 16.1. The molecular weight excluding hydrogens is 326 g/mol. The molecule has 1 saturated heterocycles. The Hall–Kier alpha value is -2.50. The van der Waals surface area contributed by atoms with E-state index in [2.05, 4.69) is 20.2 Å². The van der Waals surface area contributed by atoms with Crippen molar-refractivity contribution in [2.45, 2.75) is 51.5 Å². The number of anilines is 1. The Bertz CT molecular complexity index is 784. The van der Waals surface area contributed by atoms with E-state index < -0.39 is 0 Å². The van der Waals surface area contributed by atoms with Gasteiger partial charge < -0.3 is 10.2 Å². The molecule has 4 rings (SSSR count). The fourth-order valence-corrected chi connectivity index (χ4v) is 3.96. The predicted octanol–water partition coefficient (Wildman–Crippen LogP) is 2.46. The maximum atomic E-state index is 12.3. The molecule has 0 bridgehead atoms. The van der Waals surface area contributed by atoms with Crippen LogP contribution in [0.4, 0.5) is 5.82 Å². The summed E-state index contributed by atoms with van der Waals surface area (Å²) in [6.07, 6.45) is 9.80. The molecule has 0 unspecified atom stereocenters. The molecule has 6 heteroatoms. The highest BCUT2D eigenvalue weighted by Gasteiger charge is 2.26. The number of aromatic nitrogens is 3. The van der Waals surface area contributed by atoms with Crippen molar-refractivity contribution in [1.82, 2.24) is 20.3 Å². The Morgan fingerprint density at radius 1 is 1.12 bits per heavy atom. The zero-order chi connectivity index (χ0) is 17.9. The van der Waals surface area contributed by atoms with Crippen LogP contribution in [0.3, 0.4) is 0 Å². The van der Waals surface area contributed by atoms with Gasteiger partial charge >= 0.3 is 0 Å². The lowest BCUT2D eigenvalue weighted by molar-refractivity contribution is 0.0931. The number of rotatable bonds is 3. The number of hydrogen-bond acceptors (Lipinski definition) is 5. The van der Waals surface area contributed by atoms with Crippen LogP contribution < -0.4 is 10.2 Å². The van der Waals surface area contributed by atoms with Gasteiger partial charge in [0.2, 0.25) is 0 Å². The Labute approximate surface area is 154 Å². The molecule has 2 aliphatic rings. The molecule has 0 aromatic carbocycles. The number of nitrogens with zero attached hydrogens (tertiary/aromatic N) is 4. The van der Waals surface area contributed by atoms with Crippen LogP contribution >= 0.6 is 0 Å². The lowest BCUT2D eigenvalue weighted by Crippen LogP contribution is -2.45. The average molecular weight is 351 g/mol. The zero-order valence-electron chi connectivity index (χ0n) is 15.2. The van der Waals surface area contributed by atoms with Gasteiger partial charge in [0.15, 0.2) is 0 Å². The van der Waals surface area contributed by atoms with E-state index in [0.29, 0.717) is 5.56 Å². The molecule has 26 heavy (non-hydrogen) atoms. The van der Waals surface area contributed by atoms with Crippen LogP contribution in [0.2, 0.25) is 0 Å². The summed E-state index contributed by atoms with van der Waals surface area (Å²) in [4.78, 5) is 28.1. The smallest absolute Gasteiger partial charge is 0.251 e. The van der Waals surface area contributed by atoms with E-state index in [1.54, 1.807) is 24.5 Å². The first-order valence-corrected chi connectivity index (χ1v) is 9.53. The Morgan fingerprint density at radius 3 is 2.62 bits per heavy atom. The van der Waals surface area contributed by atoms with Gasteiger partial charge in [0.25, 0.3) is 5.91 Å². The van der Waals surface area contributed by atoms with Gasteiger partial charge in [-0.25, -0.2) is 9.97 Å². The summed E-state index contributed by atoms with van der Waals surface area (Å²) in [6, 6.07) is 3.71. The highest BCUT2D eigenvalue weighted by molar-refractivity contribution is 5.94. The van der Waals surface area contributed by atoms with Crippen LogP contribution in [-0.4, -0.2) is 40.0 Å². The van der Waals surface area contributed by atoms with Crippen LogP contribution in [-0.2, 0) is 12.8 Å². The number of nitrogens with one attached hydrogen (secondary N) is 1. The first kappa shape index (κ1) is 16.9. The lowest BCUT2D eigenvalue weighted by atomic mass is 9.95. The fraction of sp³-hybridized carbons (Fsp3) is 0.500. The fourth-order valence-electron chi connectivity index (χ4n) is 3.96. The van der Waals surface area contributed by atoms with Crippen molar-refractivity contribution in [1.29, 1.82) is 0 Å². The summed E-state index contributed by atoms with van der Waals surface area (Å²) in [5.41, 5.74) is 3.26. The van der Waals surface area contributed by atoms with Gasteiger partial charge in [-0.15, -0.1) is 0 Å². The molecule has 1 fully saturated rings. The molecule has 1 aliphatic heterocycles. The van der Waals surface area contributed by atoms with Crippen molar-refractivity contribution in [2.24, 2.45) is 0 Å². The van der Waals surface area contributed by atoms with Crippen molar-refractivity contribution in [3.63, 3.8) is 0 Å². The topological polar surface area (TPSA) is 71.0 Å². The zero-order valence-corrected chi connectivity index (χ0v) is 15.2. The van der Waals surface area contributed by atoms with Crippen LogP contribution in [0.25, 0.3) is 0 Å². The number of hydrogen-bond donors (Lipinski definition) is 1. The third kappa shape index (κ3) is 3.54. The van der Waals surface area contributed by atoms with Gasteiger partial charge in [-0.05, 0) is 57.6 Å². The molecule has 0 saturated carbocycles. The minimum Gasteiger partial charge on any atom is -0.356 e. The van der Waals surface area contributed by atoms with Gasteiger partial charge in [-0.1, -0.05) is 0 Å². The monoisotopic (exact) mass is 351 g/mol. The maximum absolute atomic E-state index is 12.3. The SMILES string of the molecule is Cc1nc2c(c(N3CCC(NC(=O)c4ccncc4)CC3)n1)CCCC2. The van der Waals surface area contributed by atoms with E-state index >= 15 is 0 Å². The molecule has 136 valence electrons.